The number of ether oxygens (including phenoxy) is 1. The van der Waals surface area contributed by atoms with Crippen LogP contribution in [0.1, 0.15) is 37.6 Å². The highest BCUT2D eigenvalue weighted by molar-refractivity contribution is 5.79. The van der Waals surface area contributed by atoms with E-state index in [0.717, 1.165) is 43.6 Å². The van der Waals surface area contributed by atoms with Crippen LogP contribution in [-0.4, -0.2) is 37.7 Å². The molecule has 0 radical (unpaired) electrons. The Bertz CT molecular complexity index is 421. The number of hydrogen-bond donors (Lipinski definition) is 2. The zero-order valence-corrected chi connectivity index (χ0v) is 13.8. The Morgan fingerprint density at radius 3 is 2.67 bits per heavy atom. The van der Waals surface area contributed by atoms with Crippen molar-refractivity contribution in [2.75, 3.05) is 26.8 Å². The van der Waals surface area contributed by atoms with Gasteiger partial charge >= 0.3 is 0 Å². The molecule has 1 aromatic rings. The first kappa shape index (κ1) is 17.5. The van der Waals surface area contributed by atoms with Crippen LogP contribution in [0.25, 0.3) is 0 Å². The maximum absolute atomic E-state index is 5.53. The van der Waals surface area contributed by atoms with Crippen LogP contribution in [0.5, 0.6) is 0 Å². The maximum atomic E-state index is 5.53. The zero-order valence-electron chi connectivity index (χ0n) is 13.8. The van der Waals surface area contributed by atoms with Crippen LogP contribution in [-0.2, 0) is 11.3 Å². The average Bonchev–Trinajstić information content (AvgIpc) is 2.76. The number of rotatable bonds is 8. The summed E-state index contributed by atoms with van der Waals surface area (Å²) in [4.78, 5) is 8.48. The van der Waals surface area contributed by atoms with Gasteiger partial charge in [0.15, 0.2) is 5.96 Å². The van der Waals surface area contributed by atoms with Crippen LogP contribution < -0.4 is 10.6 Å². The summed E-state index contributed by atoms with van der Waals surface area (Å²) in [5.74, 6) is 2.86. The van der Waals surface area contributed by atoms with E-state index in [-0.39, 0.29) is 0 Å². The summed E-state index contributed by atoms with van der Waals surface area (Å²) in [5, 5.41) is 6.42. The van der Waals surface area contributed by atoms with Gasteiger partial charge in [-0.2, -0.15) is 0 Å². The van der Waals surface area contributed by atoms with Gasteiger partial charge in [-0.3, -0.25) is 4.99 Å². The highest BCUT2D eigenvalue weighted by atomic mass is 16.5. The molecule has 1 aromatic heterocycles. The lowest BCUT2D eigenvalue weighted by Gasteiger charge is -2.11. The van der Waals surface area contributed by atoms with Gasteiger partial charge in [0, 0.05) is 26.8 Å². The van der Waals surface area contributed by atoms with Crippen molar-refractivity contribution in [1.29, 1.82) is 0 Å². The number of hydrogen-bond acceptors (Lipinski definition) is 4. The summed E-state index contributed by atoms with van der Waals surface area (Å²) in [6, 6.07) is 0. The van der Waals surface area contributed by atoms with Crippen molar-refractivity contribution in [3.8, 4) is 0 Å². The van der Waals surface area contributed by atoms with Crippen molar-refractivity contribution >= 4 is 5.96 Å². The van der Waals surface area contributed by atoms with Crippen molar-refractivity contribution in [2.45, 2.75) is 40.7 Å². The summed E-state index contributed by atoms with van der Waals surface area (Å²) >= 11 is 0. The topological polar surface area (TPSA) is 71.7 Å². The summed E-state index contributed by atoms with van der Waals surface area (Å²) in [6.07, 6.45) is 0.949. The summed E-state index contributed by atoms with van der Waals surface area (Å²) < 4.78 is 11.0. The van der Waals surface area contributed by atoms with Gasteiger partial charge in [0.25, 0.3) is 0 Å². The number of aromatic nitrogens is 1. The summed E-state index contributed by atoms with van der Waals surface area (Å²) in [5.41, 5.74) is 0.928. The van der Waals surface area contributed by atoms with Crippen LogP contribution in [0.2, 0.25) is 0 Å². The van der Waals surface area contributed by atoms with E-state index >= 15 is 0 Å². The largest absolute Gasteiger partial charge is 0.444 e. The Kier molecular flexibility index (Phi) is 7.82. The maximum Gasteiger partial charge on any atom is 0.214 e. The molecule has 6 heteroatoms. The molecule has 0 amide bonds. The second-order valence-electron chi connectivity index (χ2n) is 5.42. The van der Waals surface area contributed by atoms with Crippen LogP contribution in [0.3, 0.4) is 0 Å². The molecule has 0 atom stereocenters. The molecule has 1 rings (SSSR count). The van der Waals surface area contributed by atoms with Crippen molar-refractivity contribution in [1.82, 2.24) is 15.6 Å². The van der Waals surface area contributed by atoms with Crippen LogP contribution in [0.4, 0.5) is 0 Å². The third-order valence-corrected chi connectivity index (χ3v) is 2.91. The number of aryl methyl sites for hydroxylation is 2. The minimum atomic E-state index is 0.526. The fourth-order valence-electron chi connectivity index (χ4n) is 1.69. The summed E-state index contributed by atoms with van der Waals surface area (Å²) in [6.45, 7) is 11.1. The molecule has 2 N–H and O–H groups in total. The van der Waals surface area contributed by atoms with Gasteiger partial charge in [-0.1, -0.05) is 13.8 Å². The van der Waals surface area contributed by atoms with E-state index in [1.807, 2.05) is 13.8 Å². The number of aliphatic imine (C=N–C) groups is 1. The second-order valence-corrected chi connectivity index (χ2v) is 5.42. The molecule has 0 saturated carbocycles. The Morgan fingerprint density at radius 2 is 2.10 bits per heavy atom. The van der Waals surface area contributed by atoms with Crippen molar-refractivity contribution < 1.29 is 9.15 Å². The number of nitrogens with one attached hydrogen (secondary N) is 2. The Morgan fingerprint density at radius 1 is 1.33 bits per heavy atom. The molecule has 0 aliphatic heterocycles. The monoisotopic (exact) mass is 296 g/mol. The molecule has 0 bridgehead atoms. The predicted molar refractivity (Wildman–Crippen MR) is 84.5 cm³/mol. The molecule has 6 nitrogen and oxygen atoms in total. The van der Waals surface area contributed by atoms with E-state index in [1.165, 1.54) is 0 Å². The minimum absolute atomic E-state index is 0.526. The first-order chi connectivity index (χ1) is 10.0. The van der Waals surface area contributed by atoms with Gasteiger partial charge in [-0.25, -0.2) is 4.98 Å². The van der Waals surface area contributed by atoms with Crippen molar-refractivity contribution in [2.24, 2.45) is 10.9 Å². The van der Waals surface area contributed by atoms with E-state index in [4.69, 9.17) is 9.15 Å². The molecule has 0 saturated heterocycles. The third-order valence-electron chi connectivity index (χ3n) is 2.91. The van der Waals surface area contributed by atoms with E-state index < -0.39 is 0 Å². The highest BCUT2D eigenvalue weighted by Gasteiger charge is 2.06. The number of guanidine groups is 1. The van der Waals surface area contributed by atoms with Gasteiger partial charge in [0.1, 0.15) is 5.76 Å². The first-order valence-electron chi connectivity index (χ1n) is 7.48. The van der Waals surface area contributed by atoms with E-state index in [1.54, 1.807) is 7.05 Å². The van der Waals surface area contributed by atoms with Crippen LogP contribution in [0, 0.1) is 19.8 Å². The van der Waals surface area contributed by atoms with Crippen molar-refractivity contribution in [3.05, 3.63) is 17.3 Å². The quantitative estimate of drug-likeness (QED) is 0.436. The average molecular weight is 296 g/mol. The molecule has 0 aromatic carbocycles. The standard InChI is InChI=1S/C15H28N4O2/c1-11(2)10-20-8-6-7-17-15(16-5)18-9-14-19-12(3)13(4)21-14/h11H,6-10H2,1-5H3,(H2,16,17,18). The molecule has 0 spiro atoms. The minimum Gasteiger partial charge on any atom is -0.444 e. The number of oxazole rings is 1. The Hall–Kier alpha value is -1.56. The smallest absolute Gasteiger partial charge is 0.214 e. The molecule has 21 heavy (non-hydrogen) atoms. The molecular weight excluding hydrogens is 268 g/mol. The highest BCUT2D eigenvalue weighted by Crippen LogP contribution is 2.07. The predicted octanol–water partition coefficient (Wildman–Crippen LogP) is 2.02. The Balaban J connectivity index is 2.17. The van der Waals surface area contributed by atoms with Gasteiger partial charge in [0.2, 0.25) is 5.89 Å². The number of nitrogens with zero attached hydrogens (tertiary/aromatic N) is 2. The lowest BCUT2D eigenvalue weighted by atomic mass is 10.2. The lowest BCUT2D eigenvalue weighted by Crippen LogP contribution is -2.37. The zero-order chi connectivity index (χ0) is 15.7. The van der Waals surface area contributed by atoms with Crippen LogP contribution >= 0.6 is 0 Å². The molecule has 0 unspecified atom stereocenters. The third kappa shape index (κ3) is 7.13. The van der Waals surface area contributed by atoms with E-state index in [2.05, 4.69) is 34.5 Å². The van der Waals surface area contributed by atoms with Gasteiger partial charge in [-0.05, 0) is 26.2 Å². The van der Waals surface area contributed by atoms with Gasteiger partial charge in [0.05, 0.1) is 12.2 Å². The van der Waals surface area contributed by atoms with E-state index in [0.29, 0.717) is 18.4 Å². The fraction of sp³-hybridized carbons (Fsp3) is 0.733. The summed E-state index contributed by atoms with van der Waals surface area (Å²) in [7, 11) is 1.75. The molecule has 0 aliphatic carbocycles. The van der Waals surface area contributed by atoms with Gasteiger partial charge in [-0.15, -0.1) is 0 Å². The lowest BCUT2D eigenvalue weighted by molar-refractivity contribution is 0.108. The molecule has 120 valence electrons. The molecule has 1 heterocycles. The first-order valence-corrected chi connectivity index (χ1v) is 7.48. The normalized spacial score (nSPS) is 12.0. The van der Waals surface area contributed by atoms with E-state index in [9.17, 15) is 0 Å². The molecule has 0 fully saturated rings. The second kappa shape index (κ2) is 9.39. The molecule has 0 aliphatic rings. The molecular formula is C15H28N4O2. The van der Waals surface area contributed by atoms with Gasteiger partial charge < -0.3 is 19.8 Å². The SMILES string of the molecule is CN=C(NCCCOCC(C)C)NCc1nc(C)c(C)o1. The van der Waals surface area contributed by atoms with Crippen LogP contribution in [0.15, 0.2) is 9.41 Å². The fourth-order valence-corrected chi connectivity index (χ4v) is 1.69. The van der Waals surface area contributed by atoms with Crippen molar-refractivity contribution in [3.63, 3.8) is 0 Å². The Labute approximate surface area is 127 Å².